The molecular weight excluding hydrogens is 160 g/mol. The van der Waals surface area contributed by atoms with Gasteiger partial charge in [-0.3, -0.25) is 4.98 Å². The van der Waals surface area contributed by atoms with Gasteiger partial charge in [0.05, 0.1) is 11.9 Å². The van der Waals surface area contributed by atoms with E-state index in [1.54, 1.807) is 0 Å². The summed E-state index contributed by atoms with van der Waals surface area (Å²) in [5, 5.41) is 3.12. The number of rotatable bonds is 2. The van der Waals surface area contributed by atoms with Crippen molar-refractivity contribution in [3.8, 4) is 0 Å². The maximum Gasteiger partial charge on any atom is 0.0559 e. The minimum atomic E-state index is 1.06. The van der Waals surface area contributed by atoms with E-state index in [9.17, 15) is 0 Å². The number of aryl methyl sites for hydroxylation is 1. The van der Waals surface area contributed by atoms with Gasteiger partial charge >= 0.3 is 0 Å². The second kappa shape index (κ2) is 6.46. The number of hydrogen-bond donors (Lipinski definition) is 1. The topological polar surface area (TPSA) is 24.9 Å². The molecule has 0 bridgehead atoms. The highest BCUT2D eigenvalue weighted by Crippen LogP contribution is 2.17. The molecule has 0 aliphatic rings. The lowest BCUT2D eigenvalue weighted by Crippen LogP contribution is -1.97. The Morgan fingerprint density at radius 3 is 2.31 bits per heavy atom. The van der Waals surface area contributed by atoms with E-state index in [-0.39, 0.29) is 0 Å². The minimum absolute atomic E-state index is 1.06. The molecule has 0 atom stereocenters. The molecule has 2 heteroatoms. The van der Waals surface area contributed by atoms with Crippen LogP contribution in [-0.2, 0) is 6.42 Å². The quantitative estimate of drug-likeness (QED) is 0.756. The molecule has 0 amide bonds. The summed E-state index contributed by atoms with van der Waals surface area (Å²) in [6, 6.07) is 0. The number of pyridine rings is 1. The third kappa shape index (κ3) is 3.05. The van der Waals surface area contributed by atoms with Gasteiger partial charge in [-0.2, -0.15) is 0 Å². The average molecular weight is 180 g/mol. The lowest BCUT2D eigenvalue weighted by molar-refractivity contribution is 1.08. The van der Waals surface area contributed by atoms with E-state index < -0.39 is 0 Å². The number of nitrogens with one attached hydrogen (secondary N) is 1. The monoisotopic (exact) mass is 180 g/mol. The number of aromatic nitrogens is 1. The third-order valence-corrected chi connectivity index (χ3v) is 1.90. The van der Waals surface area contributed by atoms with E-state index in [4.69, 9.17) is 0 Å². The largest absolute Gasteiger partial charge is 0.387 e. The SMILES string of the molecule is CC.CCc1c(C)cncc1NC. The molecule has 0 spiro atoms. The van der Waals surface area contributed by atoms with E-state index >= 15 is 0 Å². The molecule has 1 heterocycles. The molecule has 1 rings (SSSR count). The maximum absolute atomic E-state index is 4.10. The van der Waals surface area contributed by atoms with E-state index in [0.717, 1.165) is 12.1 Å². The highest BCUT2D eigenvalue weighted by molar-refractivity contribution is 5.51. The van der Waals surface area contributed by atoms with Gasteiger partial charge in [-0.15, -0.1) is 0 Å². The van der Waals surface area contributed by atoms with Crippen LogP contribution >= 0.6 is 0 Å². The number of anilines is 1. The van der Waals surface area contributed by atoms with Crippen LogP contribution in [0.2, 0.25) is 0 Å². The smallest absolute Gasteiger partial charge is 0.0559 e. The van der Waals surface area contributed by atoms with Gasteiger partial charge < -0.3 is 5.32 Å². The van der Waals surface area contributed by atoms with E-state index in [1.807, 2.05) is 33.3 Å². The number of hydrogen-bond acceptors (Lipinski definition) is 2. The fourth-order valence-corrected chi connectivity index (χ4v) is 1.28. The predicted molar refractivity (Wildman–Crippen MR) is 59.2 cm³/mol. The first kappa shape index (κ1) is 11.9. The molecule has 13 heavy (non-hydrogen) atoms. The van der Waals surface area contributed by atoms with Crippen molar-refractivity contribution in [3.05, 3.63) is 23.5 Å². The molecule has 0 aromatic carbocycles. The van der Waals surface area contributed by atoms with Crippen LogP contribution in [0.4, 0.5) is 5.69 Å². The van der Waals surface area contributed by atoms with Crippen molar-refractivity contribution in [2.75, 3.05) is 12.4 Å². The molecule has 1 N–H and O–H groups in total. The molecule has 0 fully saturated rings. The normalized spacial score (nSPS) is 8.69. The van der Waals surface area contributed by atoms with Gasteiger partial charge in [-0.1, -0.05) is 20.8 Å². The van der Waals surface area contributed by atoms with Crippen LogP contribution in [-0.4, -0.2) is 12.0 Å². The summed E-state index contributed by atoms with van der Waals surface area (Å²) in [4.78, 5) is 4.10. The summed E-state index contributed by atoms with van der Waals surface area (Å²) in [7, 11) is 1.93. The van der Waals surface area contributed by atoms with Crippen molar-refractivity contribution in [3.63, 3.8) is 0 Å². The highest BCUT2D eigenvalue weighted by atomic mass is 14.8. The molecule has 1 aromatic heterocycles. The number of nitrogens with zero attached hydrogens (tertiary/aromatic N) is 1. The van der Waals surface area contributed by atoms with Crippen molar-refractivity contribution in [2.24, 2.45) is 0 Å². The Labute approximate surface area is 81.4 Å². The van der Waals surface area contributed by atoms with Crippen molar-refractivity contribution >= 4 is 5.69 Å². The van der Waals surface area contributed by atoms with Crippen LogP contribution in [0.3, 0.4) is 0 Å². The molecule has 0 saturated heterocycles. The lowest BCUT2D eigenvalue weighted by Gasteiger charge is -2.08. The van der Waals surface area contributed by atoms with E-state index in [1.165, 1.54) is 11.1 Å². The van der Waals surface area contributed by atoms with Crippen LogP contribution in [0.25, 0.3) is 0 Å². The van der Waals surface area contributed by atoms with Gasteiger partial charge in [-0.05, 0) is 24.5 Å². The first-order chi connectivity index (χ1) is 6.29. The zero-order valence-corrected chi connectivity index (χ0v) is 9.31. The zero-order chi connectivity index (χ0) is 10.3. The maximum atomic E-state index is 4.10. The highest BCUT2D eigenvalue weighted by Gasteiger charge is 2.00. The van der Waals surface area contributed by atoms with Crippen LogP contribution in [0, 0.1) is 6.92 Å². The summed E-state index contributed by atoms with van der Waals surface area (Å²) in [6.07, 6.45) is 4.83. The summed E-state index contributed by atoms with van der Waals surface area (Å²) in [5.41, 5.74) is 3.77. The third-order valence-electron chi connectivity index (χ3n) is 1.90. The van der Waals surface area contributed by atoms with Gasteiger partial charge in [0.2, 0.25) is 0 Å². The molecule has 74 valence electrons. The van der Waals surface area contributed by atoms with Crippen molar-refractivity contribution < 1.29 is 0 Å². The predicted octanol–water partition coefficient (Wildman–Crippen LogP) is 3.02. The van der Waals surface area contributed by atoms with Crippen molar-refractivity contribution in [1.82, 2.24) is 4.98 Å². The molecular formula is C11H20N2. The fourth-order valence-electron chi connectivity index (χ4n) is 1.28. The Morgan fingerprint density at radius 2 is 1.92 bits per heavy atom. The van der Waals surface area contributed by atoms with E-state index in [2.05, 4.69) is 24.1 Å². The second-order valence-corrected chi connectivity index (χ2v) is 2.59. The molecule has 0 aliphatic heterocycles. The van der Waals surface area contributed by atoms with Gasteiger partial charge in [0.1, 0.15) is 0 Å². The minimum Gasteiger partial charge on any atom is -0.387 e. The zero-order valence-electron chi connectivity index (χ0n) is 9.31. The summed E-state index contributed by atoms with van der Waals surface area (Å²) in [5.74, 6) is 0. The first-order valence-corrected chi connectivity index (χ1v) is 4.90. The molecule has 0 saturated carbocycles. The van der Waals surface area contributed by atoms with Crippen LogP contribution in [0.5, 0.6) is 0 Å². The first-order valence-electron chi connectivity index (χ1n) is 4.90. The average Bonchev–Trinajstić information content (AvgIpc) is 2.20. The van der Waals surface area contributed by atoms with Gasteiger partial charge in [0.25, 0.3) is 0 Å². The Balaban J connectivity index is 0.000000671. The lowest BCUT2D eigenvalue weighted by atomic mass is 10.1. The Morgan fingerprint density at radius 1 is 1.31 bits per heavy atom. The molecule has 0 radical (unpaired) electrons. The Hall–Kier alpha value is -1.05. The van der Waals surface area contributed by atoms with Crippen LogP contribution in [0.15, 0.2) is 12.4 Å². The van der Waals surface area contributed by atoms with Gasteiger partial charge in [-0.25, -0.2) is 0 Å². The Kier molecular flexibility index (Phi) is 5.94. The van der Waals surface area contributed by atoms with Crippen molar-refractivity contribution in [1.29, 1.82) is 0 Å². The van der Waals surface area contributed by atoms with Crippen LogP contribution < -0.4 is 5.32 Å². The summed E-state index contributed by atoms with van der Waals surface area (Å²) < 4.78 is 0. The molecule has 0 unspecified atom stereocenters. The summed E-state index contributed by atoms with van der Waals surface area (Å²) >= 11 is 0. The second-order valence-electron chi connectivity index (χ2n) is 2.59. The molecule has 0 aliphatic carbocycles. The van der Waals surface area contributed by atoms with Crippen molar-refractivity contribution in [2.45, 2.75) is 34.1 Å². The Bertz CT molecular complexity index is 244. The van der Waals surface area contributed by atoms with Gasteiger partial charge in [0, 0.05) is 13.2 Å². The fraction of sp³-hybridized carbons (Fsp3) is 0.545. The molecule has 1 aromatic rings. The van der Waals surface area contributed by atoms with Crippen LogP contribution in [0.1, 0.15) is 31.9 Å². The standard InChI is InChI=1S/C9H14N2.C2H6/c1-4-8-7(2)5-11-6-9(8)10-3;1-2/h5-6,10H,4H2,1-3H3;1-2H3. The van der Waals surface area contributed by atoms with E-state index in [0.29, 0.717) is 0 Å². The molecule has 2 nitrogen and oxygen atoms in total. The summed E-state index contributed by atoms with van der Waals surface area (Å²) in [6.45, 7) is 8.25. The van der Waals surface area contributed by atoms with Gasteiger partial charge in [0.15, 0.2) is 0 Å².